The Bertz CT molecular complexity index is 535. The van der Waals surface area contributed by atoms with E-state index in [-0.39, 0.29) is 6.04 Å². The van der Waals surface area contributed by atoms with E-state index in [0.717, 1.165) is 28.1 Å². The predicted octanol–water partition coefficient (Wildman–Crippen LogP) is 2.63. The zero-order chi connectivity index (χ0) is 13.1. The quantitative estimate of drug-likeness (QED) is 0.813. The van der Waals surface area contributed by atoms with Crippen LogP contribution in [-0.4, -0.2) is 7.11 Å². The highest BCUT2D eigenvalue weighted by molar-refractivity contribution is 5.46. The smallest absolute Gasteiger partial charge is 0.123 e. The SMILES string of the molecule is COc1ccc(C)cc1C(N)c1ccc(N)cc1. The second kappa shape index (κ2) is 5.10. The average Bonchev–Trinajstić information content (AvgIpc) is 2.39. The van der Waals surface area contributed by atoms with Crippen LogP contribution in [0.2, 0.25) is 0 Å². The Morgan fingerprint density at radius 3 is 2.33 bits per heavy atom. The molecule has 2 aromatic carbocycles. The van der Waals surface area contributed by atoms with Crippen LogP contribution in [0.4, 0.5) is 5.69 Å². The summed E-state index contributed by atoms with van der Waals surface area (Å²) in [5.41, 5.74) is 15.9. The number of rotatable bonds is 3. The number of methoxy groups -OCH3 is 1. The minimum Gasteiger partial charge on any atom is -0.496 e. The van der Waals surface area contributed by atoms with Gasteiger partial charge in [-0.15, -0.1) is 0 Å². The number of benzene rings is 2. The van der Waals surface area contributed by atoms with Crippen molar-refractivity contribution in [1.29, 1.82) is 0 Å². The minimum atomic E-state index is -0.208. The summed E-state index contributed by atoms with van der Waals surface area (Å²) in [5, 5.41) is 0. The Morgan fingerprint density at radius 1 is 1.06 bits per heavy atom. The van der Waals surface area contributed by atoms with E-state index in [9.17, 15) is 0 Å². The van der Waals surface area contributed by atoms with Crippen molar-refractivity contribution in [3.05, 3.63) is 59.2 Å². The summed E-state index contributed by atoms with van der Waals surface area (Å²) in [7, 11) is 1.66. The first kappa shape index (κ1) is 12.5. The third-order valence-corrected chi connectivity index (χ3v) is 3.02. The van der Waals surface area contributed by atoms with Crippen LogP contribution in [0.3, 0.4) is 0 Å². The van der Waals surface area contributed by atoms with Gasteiger partial charge >= 0.3 is 0 Å². The molecule has 0 saturated carbocycles. The molecule has 0 bridgehead atoms. The summed E-state index contributed by atoms with van der Waals surface area (Å²) < 4.78 is 5.36. The summed E-state index contributed by atoms with van der Waals surface area (Å²) in [6.45, 7) is 2.04. The van der Waals surface area contributed by atoms with Crippen LogP contribution in [0.25, 0.3) is 0 Å². The van der Waals surface area contributed by atoms with Gasteiger partial charge in [0.15, 0.2) is 0 Å². The van der Waals surface area contributed by atoms with Gasteiger partial charge in [-0.2, -0.15) is 0 Å². The summed E-state index contributed by atoms with van der Waals surface area (Å²) in [6.07, 6.45) is 0. The summed E-state index contributed by atoms with van der Waals surface area (Å²) in [4.78, 5) is 0. The third-order valence-electron chi connectivity index (χ3n) is 3.02. The third kappa shape index (κ3) is 2.46. The first-order valence-electron chi connectivity index (χ1n) is 5.87. The largest absolute Gasteiger partial charge is 0.496 e. The molecule has 0 aliphatic heterocycles. The zero-order valence-corrected chi connectivity index (χ0v) is 10.7. The Labute approximate surface area is 107 Å². The molecule has 2 rings (SSSR count). The summed E-state index contributed by atoms with van der Waals surface area (Å²) in [5.74, 6) is 0.810. The minimum absolute atomic E-state index is 0.208. The Balaban J connectivity index is 2.41. The number of anilines is 1. The molecule has 0 fully saturated rings. The van der Waals surface area contributed by atoms with Crippen LogP contribution in [0.5, 0.6) is 5.75 Å². The molecule has 3 heteroatoms. The molecular weight excluding hydrogens is 224 g/mol. The van der Waals surface area contributed by atoms with Crippen molar-refractivity contribution in [3.63, 3.8) is 0 Å². The number of ether oxygens (including phenoxy) is 1. The zero-order valence-electron chi connectivity index (χ0n) is 10.7. The Morgan fingerprint density at radius 2 is 1.72 bits per heavy atom. The van der Waals surface area contributed by atoms with E-state index in [4.69, 9.17) is 16.2 Å². The molecule has 1 unspecified atom stereocenters. The fraction of sp³-hybridized carbons (Fsp3) is 0.200. The van der Waals surface area contributed by atoms with Gasteiger partial charge in [-0.3, -0.25) is 0 Å². The predicted molar refractivity (Wildman–Crippen MR) is 74.6 cm³/mol. The van der Waals surface area contributed by atoms with E-state index >= 15 is 0 Å². The molecular formula is C15H18N2O. The lowest BCUT2D eigenvalue weighted by atomic mass is 9.97. The van der Waals surface area contributed by atoms with Crippen molar-refractivity contribution in [2.75, 3.05) is 12.8 Å². The summed E-state index contributed by atoms with van der Waals surface area (Å²) >= 11 is 0. The van der Waals surface area contributed by atoms with E-state index in [2.05, 4.69) is 6.07 Å². The van der Waals surface area contributed by atoms with Crippen LogP contribution < -0.4 is 16.2 Å². The number of nitrogen functional groups attached to an aromatic ring is 1. The second-order valence-corrected chi connectivity index (χ2v) is 4.39. The van der Waals surface area contributed by atoms with Crippen molar-refractivity contribution >= 4 is 5.69 Å². The van der Waals surface area contributed by atoms with Crippen LogP contribution >= 0.6 is 0 Å². The van der Waals surface area contributed by atoms with Crippen LogP contribution in [0, 0.1) is 6.92 Å². The van der Waals surface area contributed by atoms with Crippen molar-refractivity contribution in [2.24, 2.45) is 5.73 Å². The molecule has 0 saturated heterocycles. The highest BCUT2D eigenvalue weighted by Gasteiger charge is 2.14. The fourth-order valence-electron chi connectivity index (χ4n) is 1.98. The fourth-order valence-corrected chi connectivity index (χ4v) is 1.98. The highest BCUT2D eigenvalue weighted by Crippen LogP contribution is 2.29. The van der Waals surface area contributed by atoms with Gasteiger partial charge < -0.3 is 16.2 Å². The van der Waals surface area contributed by atoms with E-state index < -0.39 is 0 Å². The molecule has 1 atom stereocenters. The molecule has 2 aromatic rings. The van der Waals surface area contributed by atoms with Gasteiger partial charge in [0.1, 0.15) is 5.75 Å². The molecule has 3 nitrogen and oxygen atoms in total. The van der Waals surface area contributed by atoms with Gasteiger partial charge in [0.2, 0.25) is 0 Å². The van der Waals surface area contributed by atoms with E-state index in [1.807, 2.05) is 43.3 Å². The monoisotopic (exact) mass is 242 g/mol. The van der Waals surface area contributed by atoms with E-state index in [0.29, 0.717) is 0 Å². The lowest BCUT2D eigenvalue weighted by Gasteiger charge is -2.17. The van der Waals surface area contributed by atoms with Crippen molar-refractivity contribution in [2.45, 2.75) is 13.0 Å². The molecule has 0 aliphatic carbocycles. The number of hydrogen-bond donors (Lipinski definition) is 2. The van der Waals surface area contributed by atoms with Gasteiger partial charge in [-0.1, -0.05) is 29.8 Å². The molecule has 0 amide bonds. The van der Waals surface area contributed by atoms with E-state index in [1.165, 1.54) is 0 Å². The maximum Gasteiger partial charge on any atom is 0.123 e. The Hall–Kier alpha value is -2.00. The standard InChI is InChI=1S/C15H18N2O/c1-10-3-8-14(18-2)13(9-10)15(17)11-4-6-12(16)7-5-11/h3-9,15H,16-17H2,1-2H3. The average molecular weight is 242 g/mol. The Kier molecular flexibility index (Phi) is 3.53. The maximum absolute atomic E-state index is 6.29. The molecule has 0 aliphatic rings. The van der Waals surface area contributed by atoms with Crippen molar-refractivity contribution < 1.29 is 4.74 Å². The molecule has 94 valence electrons. The van der Waals surface area contributed by atoms with Gasteiger partial charge in [0.05, 0.1) is 13.2 Å². The van der Waals surface area contributed by atoms with Gasteiger partial charge in [-0.05, 0) is 30.7 Å². The van der Waals surface area contributed by atoms with E-state index in [1.54, 1.807) is 7.11 Å². The first-order chi connectivity index (χ1) is 8.61. The number of hydrogen-bond acceptors (Lipinski definition) is 3. The molecule has 0 spiro atoms. The lowest BCUT2D eigenvalue weighted by molar-refractivity contribution is 0.407. The molecule has 18 heavy (non-hydrogen) atoms. The second-order valence-electron chi connectivity index (χ2n) is 4.39. The van der Waals surface area contributed by atoms with Crippen molar-refractivity contribution in [3.8, 4) is 5.75 Å². The molecule has 0 aromatic heterocycles. The first-order valence-corrected chi connectivity index (χ1v) is 5.87. The van der Waals surface area contributed by atoms with Crippen molar-refractivity contribution in [1.82, 2.24) is 0 Å². The van der Waals surface area contributed by atoms with Crippen LogP contribution in [0.1, 0.15) is 22.7 Å². The molecule has 4 N–H and O–H groups in total. The van der Waals surface area contributed by atoms with Gasteiger partial charge in [-0.25, -0.2) is 0 Å². The van der Waals surface area contributed by atoms with Crippen LogP contribution in [0.15, 0.2) is 42.5 Å². The van der Waals surface area contributed by atoms with Gasteiger partial charge in [0.25, 0.3) is 0 Å². The van der Waals surface area contributed by atoms with Crippen LogP contribution in [-0.2, 0) is 0 Å². The number of aryl methyl sites for hydroxylation is 1. The molecule has 0 heterocycles. The summed E-state index contributed by atoms with van der Waals surface area (Å²) in [6, 6.07) is 13.4. The molecule has 0 radical (unpaired) electrons. The maximum atomic E-state index is 6.29. The highest BCUT2D eigenvalue weighted by atomic mass is 16.5. The lowest BCUT2D eigenvalue weighted by Crippen LogP contribution is -2.13. The topological polar surface area (TPSA) is 61.3 Å². The van der Waals surface area contributed by atoms with Gasteiger partial charge in [0, 0.05) is 11.3 Å². The normalized spacial score (nSPS) is 12.2. The number of nitrogens with two attached hydrogens (primary N) is 2.